The van der Waals surface area contributed by atoms with Gasteiger partial charge < -0.3 is 5.32 Å². The van der Waals surface area contributed by atoms with E-state index >= 15 is 0 Å². The van der Waals surface area contributed by atoms with Gasteiger partial charge in [0.1, 0.15) is 0 Å². The Balaban J connectivity index is 1.79. The highest BCUT2D eigenvalue weighted by atomic mass is 35.5. The summed E-state index contributed by atoms with van der Waals surface area (Å²) < 4.78 is 0. The first-order valence-corrected chi connectivity index (χ1v) is 7.16. The highest BCUT2D eigenvalue weighted by Gasteiger charge is 2.36. The minimum absolute atomic E-state index is 0.382. The van der Waals surface area contributed by atoms with Crippen LogP contribution in [0, 0.1) is 0 Å². The summed E-state index contributed by atoms with van der Waals surface area (Å²) in [7, 11) is 0. The summed E-state index contributed by atoms with van der Waals surface area (Å²) in [5.74, 6) is 0. The molecule has 0 unspecified atom stereocenters. The summed E-state index contributed by atoms with van der Waals surface area (Å²) in [5, 5.41) is 4.56. The van der Waals surface area contributed by atoms with Crippen LogP contribution in [-0.4, -0.2) is 12.6 Å². The second kappa shape index (κ2) is 4.62. The third-order valence-corrected chi connectivity index (χ3v) is 4.58. The molecule has 2 heteroatoms. The lowest BCUT2D eigenvalue weighted by atomic mass is 9.79. The molecule has 0 bridgehead atoms. The lowest BCUT2D eigenvalue weighted by Gasteiger charge is -2.30. The molecule has 2 aliphatic rings. The molecule has 3 rings (SSSR count). The van der Waals surface area contributed by atoms with Gasteiger partial charge in [0.2, 0.25) is 0 Å². The molecule has 2 aliphatic carbocycles. The van der Waals surface area contributed by atoms with Crippen LogP contribution in [0.25, 0.3) is 0 Å². The molecule has 1 aromatic carbocycles. The minimum Gasteiger partial charge on any atom is -0.313 e. The van der Waals surface area contributed by atoms with Gasteiger partial charge in [0, 0.05) is 23.0 Å². The first kappa shape index (κ1) is 11.6. The maximum absolute atomic E-state index is 5.99. The SMILES string of the molecule is Clc1ccc(C2(CNC3CC3)CCCC2)cc1. The summed E-state index contributed by atoms with van der Waals surface area (Å²) >= 11 is 5.99. The largest absolute Gasteiger partial charge is 0.313 e. The van der Waals surface area contributed by atoms with Gasteiger partial charge in [-0.25, -0.2) is 0 Å². The molecule has 0 atom stereocenters. The Morgan fingerprint density at radius 3 is 2.35 bits per heavy atom. The van der Waals surface area contributed by atoms with E-state index in [9.17, 15) is 0 Å². The predicted octanol–water partition coefficient (Wildman–Crippen LogP) is 3.90. The van der Waals surface area contributed by atoms with Crippen LogP contribution >= 0.6 is 11.6 Å². The van der Waals surface area contributed by atoms with Crippen molar-refractivity contribution in [1.29, 1.82) is 0 Å². The first-order chi connectivity index (χ1) is 8.28. The van der Waals surface area contributed by atoms with Crippen molar-refractivity contribution in [2.24, 2.45) is 0 Å². The van der Waals surface area contributed by atoms with Gasteiger partial charge >= 0.3 is 0 Å². The van der Waals surface area contributed by atoms with E-state index in [1.54, 1.807) is 0 Å². The molecular formula is C15H20ClN. The Morgan fingerprint density at radius 1 is 1.12 bits per heavy atom. The van der Waals surface area contributed by atoms with E-state index < -0.39 is 0 Å². The first-order valence-electron chi connectivity index (χ1n) is 6.78. The molecule has 1 aromatic rings. The van der Waals surface area contributed by atoms with Crippen LogP contribution in [0.5, 0.6) is 0 Å². The molecule has 0 aromatic heterocycles. The van der Waals surface area contributed by atoms with Crippen molar-refractivity contribution in [3.05, 3.63) is 34.9 Å². The maximum atomic E-state index is 5.99. The maximum Gasteiger partial charge on any atom is 0.0406 e. The third kappa shape index (κ3) is 2.51. The molecule has 0 amide bonds. The molecule has 2 saturated carbocycles. The number of halogens is 1. The Kier molecular flexibility index (Phi) is 3.14. The normalized spacial score (nSPS) is 22.9. The number of rotatable bonds is 4. The summed E-state index contributed by atoms with van der Waals surface area (Å²) in [6.07, 6.45) is 8.14. The molecule has 92 valence electrons. The van der Waals surface area contributed by atoms with Crippen LogP contribution in [0.1, 0.15) is 44.1 Å². The summed E-state index contributed by atoms with van der Waals surface area (Å²) in [6.45, 7) is 1.15. The number of nitrogens with one attached hydrogen (secondary N) is 1. The van der Waals surface area contributed by atoms with E-state index in [-0.39, 0.29) is 0 Å². The van der Waals surface area contributed by atoms with Crippen molar-refractivity contribution in [1.82, 2.24) is 5.32 Å². The molecule has 1 nitrogen and oxygen atoms in total. The zero-order chi connectivity index (χ0) is 11.7. The zero-order valence-corrected chi connectivity index (χ0v) is 11.0. The molecule has 17 heavy (non-hydrogen) atoms. The van der Waals surface area contributed by atoms with Gasteiger partial charge in [-0.05, 0) is 43.4 Å². The van der Waals surface area contributed by atoms with Gasteiger partial charge in [-0.1, -0.05) is 36.6 Å². The second-order valence-electron chi connectivity index (χ2n) is 5.65. The van der Waals surface area contributed by atoms with E-state index in [1.165, 1.54) is 44.1 Å². The quantitative estimate of drug-likeness (QED) is 0.853. The van der Waals surface area contributed by atoms with Crippen molar-refractivity contribution in [2.45, 2.75) is 50.0 Å². The van der Waals surface area contributed by atoms with Crippen LogP contribution < -0.4 is 5.32 Å². The van der Waals surface area contributed by atoms with E-state index in [2.05, 4.69) is 17.4 Å². The zero-order valence-electron chi connectivity index (χ0n) is 10.2. The van der Waals surface area contributed by atoms with Gasteiger partial charge in [0.25, 0.3) is 0 Å². The minimum atomic E-state index is 0.382. The van der Waals surface area contributed by atoms with E-state index in [0.29, 0.717) is 5.41 Å². The smallest absolute Gasteiger partial charge is 0.0406 e. The fourth-order valence-electron chi connectivity index (χ4n) is 3.05. The highest BCUT2D eigenvalue weighted by molar-refractivity contribution is 6.30. The van der Waals surface area contributed by atoms with Gasteiger partial charge in [0.05, 0.1) is 0 Å². The van der Waals surface area contributed by atoms with Crippen LogP contribution in [0.15, 0.2) is 24.3 Å². The fourth-order valence-corrected chi connectivity index (χ4v) is 3.18. The topological polar surface area (TPSA) is 12.0 Å². The van der Waals surface area contributed by atoms with Gasteiger partial charge in [-0.15, -0.1) is 0 Å². The van der Waals surface area contributed by atoms with E-state index in [1.807, 2.05) is 12.1 Å². The summed E-state index contributed by atoms with van der Waals surface area (Å²) in [6, 6.07) is 9.33. The number of hydrogen-bond donors (Lipinski definition) is 1. The molecule has 1 N–H and O–H groups in total. The average molecular weight is 250 g/mol. The molecule has 2 fully saturated rings. The standard InChI is InChI=1S/C15H20ClN/c16-13-5-3-12(4-6-13)15(9-1-2-10-15)11-17-14-7-8-14/h3-6,14,17H,1-2,7-11H2. The predicted molar refractivity (Wildman–Crippen MR) is 72.6 cm³/mol. The Labute approximate surface area is 109 Å². The highest BCUT2D eigenvalue weighted by Crippen LogP contribution is 2.41. The molecule has 0 saturated heterocycles. The number of benzene rings is 1. The van der Waals surface area contributed by atoms with Crippen molar-refractivity contribution in [2.75, 3.05) is 6.54 Å². The Bertz CT molecular complexity index is 374. The van der Waals surface area contributed by atoms with Crippen LogP contribution in [0.4, 0.5) is 0 Å². The van der Waals surface area contributed by atoms with Crippen molar-refractivity contribution < 1.29 is 0 Å². The summed E-state index contributed by atoms with van der Waals surface area (Å²) in [4.78, 5) is 0. The third-order valence-electron chi connectivity index (χ3n) is 4.32. The van der Waals surface area contributed by atoms with E-state index in [0.717, 1.165) is 17.6 Å². The molecule has 0 radical (unpaired) electrons. The van der Waals surface area contributed by atoms with Crippen LogP contribution in [-0.2, 0) is 5.41 Å². The molecule has 0 spiro atoms. The monoisotopic (exact) mass is 249 g/mol. The Hall–Kier alpha value is -0.530. The van der Waals surface area contributed by atoms with Crippen molar-refractivity contribution in [3.63, 3.8) is 0 Å². The number of hydrogen-bond acceptors (Lipinski definition) is 1. The Morgan fingerprint density at radius 2 is 1.76 bits per heavy atom. The average Bonchev–Trinajstić information content (AvgIpc) is 3.06. The van der Waals surface area contributed by atoms with Crippen molar-refractivity contribution >= 4 is 11.6 Å². The van der Waals surface area contributed by atoms with Crippen molar-refractivity contribution in [3.8, 4) is 0 Å². The molecule has 0 heterocycles. The second-order valence-corrected chi connectivity index (χ2v) is 6.09. The lowest BCUT2D eigenvalue weighted by Crippen LogP contribution is -2.36. The summed E-state index contributed by atoms with van der Waals surface area (Å²) in [5.41, 5.74) is 1.86. The van der Waals surface area contributed by atoms with Crippen LogP contribution in [0.3, 0.4) is 0 Å². The lowest BCUT2D eigenvalue weighted by molar-refractivity contribution is 0.403. The molecule has 0 aliphatic heterocycles. The molecular weight excluding hydrogens is 230 g/mol. The van der Waals surface area contributed by atoms with E-state index in [4.69, 9.17) is 11.6 Å². The van der Waals surface area contributed by atoms with Gasteiger partial charge in [-0.3, -0.25) is 0 Å². The fraction of sp³-hybridized carbons (Fsp3) is 0.600. The van der Waals surface area contributed by atoms with Crippen LogP contribution in [0.2, 0.25) is 5.02 Å². The van der Waals surface area contributed by atoms with Gasteiger partial charge in [0.15, 0.2) is 0 Å². The van der Waals surface area contributed by atoms with Gasteiger partial charge in [-0.2, -0.15) is 0 Å².